The Hall–Kier alpha value is -0.440. The molecule has 0 aliphatic carbocycles. The average molecular weight is 137 g/mol. The highest BCUT2D eigenvalue weighted by molar-refractivity contribution is 4.95. The summed E-state index contributed by atoms with van der Waals surface area (Å²) in [5, 5.41) is 0. The van der Waals surface area contributed by atoms with Gasteiger partial charge < -0.3 is 0 Å². The SMILES string of the molecule is [CH2]C(CCC)CCC#CC. The molecule has 0 fully saturated rings. The van der Waals surface area contributed by atoms with E-state index in [1.165, 1.54) is 12.8 Å². The third-order valence-electron chi connectivity index (χ3n) is 1.55. The van der Waals surface area contributed by atoms with Crippen molar-refractivity contribution in [3.8, 4) is 11.8 Å². The number of rotatable bonds is 4. The van der Waals surface area contributed by atoms with Crippen LogP contribution >= 0.6 is 0 Å². The van der Waals surface area contributed by atoms with Crippen LogP contribution in [0.25, 0.3) is 0 Å². The van der Waals surface area contributed by atoms with Gasteiger partial charge in [-0.3, -0.25) is 0 Å². The van der Waals surface area contributed by atoms with E-state index in [1.54, 1.807) is 0 Å². The third kappa shape index (κ3) is 5.69. The summed E-state index contributed by atoms with van der Waals surface area (Å²) in [6.07, 6.45) is 4.67. The zero-order valence-corrected chi connectivity index (χ0v) is 7.11. The van der Waals surface area contributed by atoms with E-state index in [1.807, 2.05) is 6.92 Å². The summed E-state index contributed by atoms with van der Waals surface area (Å²) in [6.45, 7) is 8.12. The Morgan fingerprint density at radius 3 is 2.60 bits per heavy atom. The van der Waals surface area contributed by atoms with Crippen LogP contribution in [0.5, 0.6) is 0 Å². The van der Waals surface area contributed by atoms with Gasteiger partial charge in [0, 0.05) is 6.42 Å². The Balaban J connectivity index is 3.18. The van der Waals surface area contributed by atoms with E-state index in [0.29, 0.717) is 5.92 Å². The molecule has 1 unspecified atom stereocenters. The first kappa shape index (κ1) is 9.56. The fourth-order valence-electron chi connectivity index (χ4n) is 0.954. The fraction of sp³-hybridized carbons (Fsp3) is 0.700. The molecule has 1 atom stereocenters. The van der Waals surface area contributed by atoms with Gasteiger partial charge in [-0.25, -0.2) is 0 Å². The van der Waals surface area contributed by atoms with Crippen LogP contribution in [-0.2, 0) is 0 Å². The van der Waals surface area contributed by atoms with Gasteiger partial charge in [0.25, 0.3) is 0 Å². The summed E-state index contributed by atoms with van der Waals surface area (Å²) >= 11 is 0. The Bertz CT molecular complexity index is 114. The van der Waals surface area contributed by atoms with Gasteiger partial charge in [-0.05, 0) is 19.3 Å². The van der Waals surface area contributed by atoms with Gasteiger partial charge in [0.15, 0.2) is 0 Å². The van der Waals surface area contributed by atoms with E-state index >= 15 is 0 Å². The van der Waals surface area contributed by atoms with Gasteiger partial charge in [-0.1, -0.05) is 26.7 Å². The van der Waals surface area contributed by atoms with Crippen LogP contribution in [0, 0.1) is 24.7 Å². The molecule has 0 aliphatic heterocycles. The molecule has 0 aromatic heterocycles. The van der Waals surface area contributed by atoms with Gasteiger partial charge in [0.05, 0.1) is 0 Å². The summed E-state index contributed by atoms with van der Waals surface area (Å²) in [5.41, 5.74) is 0. The largest absolute Gasteiger partial charge is 0.107 e. The normalized spacial score (nSPS) is 11.9. The highest BCUT2D eigenvalue weighted by atomic mass is 14.0. The van der Waals surface area contributed by atoms with Crippen molar-refractivity contribution in [2.24, 2.45) is 5.92 Å². The molecule has 0 saturated carbocycles. The molecule has 0 aliphatic rings. The van der Waals surface area contributed by atoms with Gasteiger partial charge in [-0.2, -0.15) is 0 Å². The second kappa shape index (κ2) is 6.68. The van der Waals surface area contributed by atoms with Crippen molar-refractivity contribution < 1.29 is 0 Å². The minimum atomic E-state index is 0.617. The van der Waals surface area contributed by atoms with E-state index < -0.39 is 0 Å². The average Bonchev–Trinajstić information content (AvgIpc) is 1.89. The van der Waals surface area contributed by atoms with Crippen molar-refractivity contribution in [1.29, 1.82) is 0 Å². The molecule has 0 rings (SSSR count). The van der Waals surface area contributed by atoms with E-state index in [4.69, 9.17) is 0 Å². The van der Waals surface area contributed by atoms with Crippen molar-refractivity contribution in [3.05, 3.63) is 6.92 Å². The minimum Gasteiger partial charge on any atom is -0.107 e. The lowest BCUT2D eigenvalue weighted by Crippen LogP contribution is -1.92. The molecule has 1 radical (unpaired) electrons. The molecule has 0 heterocycles. The molecule has 0 spiro atoms. The highest BCUT2D eigenvalue weighted by Gasteiger charge is 1.97. The van der Waals surface area contributed by atoms with E-state index in [-0.39, 0.29) is 0 Å². The van der Waals surface area contributed by atoms with Gasteiger partial charge >= 0.3 is 0 Å². The number of hydrogen-bond donors (Lipinski definition) is 0. The Kier molecular flexibility index (Phi) is 6.38. The van der Waals surface area contributed by atoms with E-state index in [2.05, 4.69) is 25.7 Å². The molecule has 0 amide bonds. The lowest BCUT2D eigenvalue weighted by Gasteiger charge is -2.05. The topological polar surface area (TPSA) is 0 Å². The quantitative estimate of drug-likeness (QED) is 0.522. The minimum absolute atomic E-state index is 0.617. The van der Waals surface area contributed by atoms with Crippen LogP contribution in [0.1, 0.15) is 39.5 Å². The summed E-state index contributed by atoms with van der Waals surface area (Å²) in [6, 6.07) is 0. The maximum absolute atomic E-state index is 4.03. The Labute approximate surface area is 65.0 Å². The van der Waals surface area contributed by atoms with Gasteiger partial charge in [0.2, 0.25) is 0 Å². The van der Waals surface area contributed by atoms with Crippen molar-refractivity contribution in [2.45, 2.75) is 39.5 Å². The lowest BCUT2D eigenvalue weighted by atomic mass is 10.0. The smallest absolute Gasteiger partial charge is 0.00912 e. The summed E-state index contributed by atoms with van der Waals surface area (Å²) in [7, 11) is 0. The Morgan fingerprint density at radius 1 is 1.40 bits per heavy atom. The van der Waals surface area contributed by atoms with Crippen molar-refractivity contribution in [1.82, 2.24) is 0 Å². The predicted octanol–water partition coefficient (Wildman–Crippen LogP) is 3.04. The predicted molar refractivity (Wildman–Crippen MR) is 46.4 cm³/mol. The second-order valence-electron chi connectivity index (χ2n) is 2.62. The van der Waals surface area contributed by atoms with Crippen LogP contribution in [-0.4, -0.2) is 0 Å². The molecule has 57 valence electrons. The third-order valence-corrected chi connectivity index (χ3v) is 1.55. The van der Waals surface area contributed by atoms with Crippen LogP contribution < -0.4 is 0 Å². The number of hydrogen-bond acceptors (Lipinski definition) is 0. The second-order valence-corrected chi connectivity index (χ2v) is 2.62. The van der Waals surface area contributed by atoms with Gasteiger partial charge in [-0.15, -0.1) is 11.8 Å². The zero-order valence-electron chi connectivity index (χ0n) is 7.11. The molecule has 10 heavy (non-hydrogen) atoms. The lowest BCUT2D eigenvalue weighted by molar-refractivity contribution is 0.542. The van der Waals surface area contributed by atoms with Gasteiger partial charge in [0.1, 0.15) is 0 Å². The molecule has 0 N–H and O–H groups in total. The fourth-order valence-corrected chi connectivity index (χ4v) is 0.954. The van der Waals surface area contributed by atoms with E-state index in [9.17, 15) is 0 Å². The van der Waals surface area contributed by atoms with Crippen molar-refractivity contribution in [2.75, 3.05) is 0 Å². The first-order chi connectivity index (χ1) is 4.81. The monoisotopic (exact) mass is 137 g/mol. The first-order valence-corrected chi connectivity index (χ1v) is 4.04. The zero-order chi connectivity index (χ0) is 7.82. The Morgan fingerprint density at radius 2 is 2.10 bits per heavy atom. The highest BCUT2D eigenvalue weighted by Crippen LogP contribution is 2.10. The molecular formula is C10H17. The molecule has 0 aromatic rings. The van der Waals surface area contributed by atoms with Crippen LogP contribution in [0.15, 0.2) is 0 Å². The molecule has 0 saturated heterocycles. The van der Waals surface area contributed by atoms with E-state index in [0.717, 1.165) is 12.8 Å². The molecular weight excluding hydrogens is 120 g/mol. The molecule has 0 nitrogen and oxygen atoms in total. The standard InChI is InChI=1S/C10H17/c1-4-6-7-9-10(3)8-5-2/h10H,3,5,7-9H2,1-2H3. The van der Waals surface area contributed by atoms with Crippen molar-refractivity contribution >= 4 is 0 Å². The molecule has 0 aromatic carbocycles. The maximum atomic E-state index is 4.03. The maximum Gasteiger partial charge on any atom is 0.00912 e. The summed E-state index contributed by atoms with van der Waals surface area (Å²) < 4.78 is 0. The summed E-state index contributed by atoms with van der Waals surface area (Å²) in [5.74, 6) is 6.55. The van der Waals surface area contributed by atoms with Crippen LogP contribution in [0.4, 0.5) is 0 Å². The van der Waals surface area contributed by atoms with Crippen molar-refractivity contribution in [3.63, 3.8) is 0 Å². The van der Waals surface area contributed by atoms with Crippen LogP contribution in [0.3, 0.4) is 0 Å². The first-order valence-electron chi connectivity index (χ1n) is 4.04. The molecule has 0 heteroatoms. The molecule has 0 bridgehead atoms. The summed E-state index contributed by atoms with van der Waals surface area (Å²) in [4.78, 5) is 0. The van der Waals surface area contributed by atoms with Crippen LogP contribution in [0.2, 0.25) is 0 Å².